The first-order valence-corrected chi connectivity index (χ1v) is 6.86. The third-order valence-electron chi connectivity index (χ3n) is 3.08. The molecule has 2 aromatic rings. The van der Waals surface area contributed by atoms with Crippen LogP contribution in [0.2, 0.25) is 0 Å². The summed E-state index contributed by atoms with van der Waals surface area (Å²) in [5.74, 6) is -0.375. The number of carbonyl (C=O) groups is 1. The molecule has 0 aliphatic rings. The third kappa shape index (κ3) is 4.91. The second kappa shape index (κ2) is 6.88. The highest BCUT2D eigenvalue weighted by Crippen LogP contribution is 2.13. The lowest BCUT2D eigenvalue weighted by Crippen LogP contribution is -2.29. The van der Waals surface area contributed by atoms with Crippen LogP contribution < -0.4 is 10.6 Å². The van der Waals surface area contributed by atoms with Crippen LogP contribution in [-0.4, -0.2) is 12.5 Å². The highest BCUT2D eigenvalue weighted by Gasteiger charge is 2.02. The molecule has 110 valence electrons. The highest BCUT2D eigenvalue weighted by atomic mass is 19.1. The van der Waals surface area contributed by atoms with Crippen molar-refractivity contribution in [2.75, 3.05) is 11.9 Å². The first-order chi connectivity index (χ1) is 10.0. The molecule has 2 aromatic carbocycles. The largest absolute Gasteiger partial charge is 0.376 e. The lowest BCUT2D eigenvalue weighted by atomic mass is 10.1. The fourth-order valence-electron chi connectivity index (χ4n) is 2.12. The van der Waals surface area contributed by atoms with Gasteiger partial charge in [-0.1, -0.05) is 18.2 Å². The van der Waals surface area contributed by atoms with Crippen molar-refractivity contribution >= 4 is 11.6 Å². The summed E-state index contributed by atoms with van der Waals surface area (Å²) in [6.45, 7) is 4.65. The van der Waals surface area contributed by atoms with Crippen molar-refractivity contribution in [1.82, 2.24) is 5.32 Å². The molecule has 0 atom stereocenters. The maximum absolute atomic E-state index is 12.8. The summed E-state index contributed by atoms with van der Waals surface area (Å²) in [5.41, 5.74) is 4.12. The van der Waals surface area contributed by atoms with Crippen molar-refractivity contribution in [1.29, 1.82) is 0 Å². The Labute approximate surface area is 124 Å². The minimum absolute atomic E-state index is 0.0986. The van der Waals surface area contributed by atoms with Crippen molar-refractivity contribution in [2.24, 2.45) is 0 Å². The molecule has 0 spiro atoms. The predicted octanol–water partition coefficient (Wildman–Crippen LogP) is 3.17. The van der Waals surface area contributed by atoms with E-state index in [-0.39, 0.29) is 18.3 Å². The molecule has 0 heterocycles. The maximum atomic E-state index is 12.8. The minimum atomic E-state index is -0.276. The van der Waals surface area contributed by atoms with E-state index in [9.17, 15) is 9.18 Å². The molecule has 2 N–H and O–H groups in total. The number of rotatable bonds is 5. The van der Waals surface area contributed by atoms with Crippen molar-refractivity contribution in [3.63, 3.8) is 0 Å². The lowest BCUT2D eigenvalue weighted by molar-refractivity contribution is -0.119. The Morgan fingerprint density at radius 3 is 2.29 bits per heavy atom. The summed E-state index contributed by atoms with van der Waals surface area (Å²) >= 11 is 0. The van der Waals surface area contributed by atoms with Crippen molar-refractivity contribution in [3.05, 3.63) is 65.0 Å². The average Bonchev–Trinajstić information content (AvgIpc) is 2.43. The smallest absolute Gasteiger partial charge is 0.239 e. The molecule has 0 aliphatic heterocycles. The summed E-state index contributed by atoms with van der Waals surface area (Å²) in [7, 11) is 0. The van der Waals surface area contributed by atoms with Gasteiger partial charge in [-0.25, -0.2) is 4.39 Å². The molecular formula is C17H19FN2O. The zero-order valence-electron chi connectivity index (χ0n) is 12.2. The van der Waals surface area contributed by atoms with Gasteiger partial charge in [0.2, 0.25) is 5.91 Å². The van der Waals surface area contributed by atoms with Crippen molar-refractivity contribution in [2.45, 2.75) is 20.4 Å². The number of hydrogen-bond donors (Lipinski definition) is 2. The van der Waals surface area contributed by atoms with Gasteiger partial charge in [-0.3, -0.25) is 4.79 Å². The molecule has 3 nitrogen and oxygen atoms in total. The number of amides is 1. The summed E-state index contributed by atoms with van der Waals surface area (Å²) < 4.78 is 12.8. The van der Waals surface area contributed by atoms with Gasteiger partial charge in [-0.15, -0.1) is 0 Å². The number of aryl methyl sites for hydroxylation is 2. The van der Waals surface area contributed by atoms with Gasteiger partial charge in [0, 0.05) is 12.2 Å². The Bertz CT molecular complexity index is 603. The molecule has 4 heteroatoms. The molecule has 0 radical (unpaired) electrons. The highest BCUT2D eigenvalue weighted by molar-refractivity contribution is 5.80. The van der Waals surface area contributed by atoms with E-state index < -0.39 is 0 Å². The van der Waals surface area contributed by atoms with Gasteiger partial charge in [-0.05, 0) is 54.8 Å². The normalized spacial score (nSPS) is 10.2. The first kappa shape index (κ1) is 15.0. The lowest BCUT2D eigenvalue weighted by Gasteiger charge is -2.09. The number of nitrogens with one attached hydrogen (secondary N) is 2. The number of hydrogen-bond acceptors (Lipinski definition) is 2. The first-order valence-electron chi connectivity index (χ1n) is 6.86. The molecule has 1 amide bonds. The molecule has 0 saturated carbocycles. The minimum Gasteiger partial charge on any atom is -0.376 e. The van der Waals surface area contributed by atoms with E-state index in [2.05, 4.69) is 16.7 Å². The second-order valence-corrected chi connectivity index (χ2v) is 5.13. The van der Waals surface area contributed by atoms with Crippen LogP contribution in [0, 0.1) is 19.7 Å². The fraction of sp³-hybridized carbons (Fsp3) is 0.235. The quantitative estimate of drug-likeness (QED) is 0.886. The topological polar surface area (TPSA) is 41.1 Å². The summed E-state index contributed by atoms with van der Waals surface area (Å²) in [5, 5.41) is 5.89. The van der Waals surface area contributed by atoms with E-state index in [4.69, 9.17) is 0 Å². The van der Waals surface area contributed by atoms with Crippen molar-refractivity contribution in [3.8, 4) is 0 Å². The van der Waals surface area contributed by atoms with E-state index >= 15 is 0 Å². The molecule has 0 aromatic heterocycles. The standard InChI is InChI=1S/C17H19FN2O/c1-12-7-13(2)9-16(8-12)19-11-17(21)20-10-14-3-5-15(18)6-4-14/h3-9,19H,10-11H2,1-2H3,(H,20,21). The van der Waals surface area contributed by atoms with Crippen LogP contribution in [-0.2, 0) is 11.3 Å². The summed E-state index contributed by atoms with van der Waals surface area (Å²) in [6.07, 6.45) is 0. The summed E-state index contributed by atoms with van der Waals surface area (Å²) in [6, 6.07) is 12.2. The van der Waals surface area contributed by atoms with Gasteiger partial charge < -0.3 is 10.6 Å². The number of carbonyl (C=O) groups excluding carboxylic acids is 1. The zero-order valence-corrected chi connectivity index (χ0v) is 12.2. The van der Waals surface area contributed by atoms with Crippen LogP contribution in [0.5, 0.6) is 0 Å². The summed E-state index contributed by atoms with van der Waals surface area (Å²) in [4.78, 5) is 11.8. The zero-order chi connectivity index (χ0) is 15.2. The van der Waals surface area contributed by atoms with E-state index in [0.29, 0.717) is 6.54 Å². The van der Waals surface area contributed by atoms with Crippen LogP contribution >= 0.6 is 0 Å². The Morgan fingerprint density at radius 2 is 1.67 bits per heavy atom. The number of halogens is 1. The Hall–Kier alpha value is -2.36. The number of benzene rings is 2. The number of anilines is 1. The maximum Gasteiger partial charge on any atom is 0.239 e. The molecule has 2 rings (SSSR count). The Morgan fingerprint density at radius 1 is 1.05 bits per heavy atom. The van der Waals surface area contributed by atoms with E-state index in [0.717, 1.165) is 22.4 Å². The van der Waals surface area contributed by atoms with Gasteiger partial charge in [0.05, 0.1) is 6.54 Å². The third-order valence-corrected chi connectivity index (χ3v) is 3.08. The van der Waals surface area contributed by atoms with Crippen LogP contribution in [0.1, 0.15) is 16.7 Å². The van der Waals surface area contributed by atoms with Crippen LogP contribution in [0.4, 0.5) is 10.1 Å². The van der Waals surface area contributed by atoms with E-state index in [1.165, 1.54) is 12.1 Å². The molecule has 0 saturated heterocycles. The van der Waals surface area contributed by atoms with Gasteiger partial charge in [0.25, 0.3) is 0 Å². The second-order valence-electron chi connectivity index (χ2n) is 5.13. The molecule has 0 aliphatic carbocycles. The van der Waals surface area contributed by atoms with Gasteiger partial charge in [0.15, 0.2) is 0 Å². The van der Waals surface area contributed by atoms with Crippen LogP contribution in [0.25, 0.3) is 0 Å². The van der Waals surface area contributed by atoms with Gasteiger partial charge in [-0.2, -0.15) is 0 Å². The van der Waals surface area contributed by atoms with Crippen LogP contribution in [0.15, 0.2) is 42.5 Å². The molecule has 0 bridgehead atoms. The Kier molecular flexibility index (Phi) is 4.93. The fourth-order valence-corrected chi connectivity index (χ4v) is 2.12. The van der Waals surface area contributed by atoms with Crippen molar-refractivity contribution < 1.29 is 9.18 Å². The van der Waals surface area contributed by atoms with Crippen LogP contribution in [0.3, 0.4) is 0 Å². The Balaban J connectivity index is 1.80. The average molecular weight is 286 g/mol. The van der Waals surface area contributed by atoms with E-state index in [1.807, 2.05) is 26.0 Å². The molecule has 21 heavy (non-hydrogen) atoms. The molecule has 0 fully saturated rings. The monoisotopic (exact) mass is 286 g/mol. The molecular weight excluding hydrogens is 267 g/mol. The SMILES string of the molecule is Cc1cc(C)cc(NCC(=O)NCc2ccc(F)cc2)c1. The van der Waals surface area contributed by atoms with Gasteiger partial charge in [0.1, 0.15) is 5.82 Å². The van der Waals surface area contributed by atoms with Gasteiger partial charge >= 0.3 is 0 Å². The molecule has 0 unspecified atom stereocenters. The predicted molar refractivity (Wildman–Crippen MR) is 82.7 cm³/mol. The van der Waals surface area contributed by atoms with E-state index in [1.54, 1.807) is 12.1 Å².